The van der Waals surface area contributed by atoms with Gasteiger partial charge in [-0.15, -0.1) is 0 Å². The molecule has 96 valence electrons. The molecular formula is C11H10ClFN2O3. The Hall–Kier alpha value is -1.82. The summed E-state index contributed by atoms with van der Waals surface area (Å²) in [4.78, 5) is 15.9. The number of aliphatic carboxylic acids is 1. The first kappa shape index (κ1) is 12.6. The molecule has 1 aromatic rings. The highest BCUT2D eigenvalue weighted by Crippen LogP contribution is 2.31. The predicted octanol–water partition coefficient (Wildman–Crippen LogP) is 2.03. The fraction of sp³-hybridized carbons (Fsp3) is 0.273. The molecule has 18 heavy (non-hydrogen) atoms. The lowest BCUT2D eigenvalue weighted by Gasteiger charge is -2.14. The van der Waals surface area contributed by atoms with Crippen LogP contribution >= 0.6 is 11.6 Å². The van der Waals surface area contributed by atoms with E-state index in [1.54, 1.807) is 0 Å². The number of halogens is 2. The summed E-state index contributed by atoms with van der Waals surface area (Å²) in [5.41, 5.74) is 4.63. The van der Waals surface area contributed by atoms with Crippen molar-refractivity contribution in [2.24, 2.45) is 5.16 Å². The fourth-order valence-electron chi connectivity index (χ4n) is 1.59. The van der Waals surface area contributed by atoms with E-state index < -0.39 is 17.4 Å². The molecule has 1 heterocycles. The Bertz CT molecular complexity index is 561. The van der Waals surface area contributed by atoms with Crippen LogP contribution in [0.1, 0.15) is 18.9 Å². The molecule has 0 fully saturated rings. The van der Waals surface area contributed by atoms with Crippen molar-refractivity contribution in [3.63, 3.8) is 0 Å². The molecular weight excluding hydrogens is 263 g/mol. The molecule has 0 aliphatic carbocycles. The summed E-state index contributed by atoms with van der Waals surface area (Å²) in [5, 5.41) is 12.8. The topological polar surface area (TPSA) is 84.9 Å². The van der Waals surface area contributed by atoms with Gasteiger partial charge in [0, 0.05) is 12.0 Å². The number of hydrogen-bond acceptors (Lipinski definition) is 4. The molecule has 5 nitrogen and oxygen atoms in total. The van der Waals surface area contributed by atoms with Crippen molar-refractivity contribution in [1.82, 2.24) is 0 Å². The van der Waals surface area contributed by atoms with Crippen LogP contribution in [0.4, 0.5) is 10.1 Å². The number of carboxylic acids is 1. The third-order valence-corrected chi connectivity index (χ3v) is 3.02. The summed E-state index contributed by atoms with van der Waals surface area (Å²) < 4.78 is 13.2. The number of nitrogens with zero attached hydrogens (tertiary/aromatic N) is 1. The molecule has 3 N–H and O–H groups in total. The zero-order valence-corrected chi connectivity index (χ0v) is 10.2. The number of anilines is 1. The van der Waals surface area contributed by atoms with Gasteiger partial charge in [0.25, 0.3) is 0 Å². The Balaban J connectivity index is 2.36. The molecule has 7 heteroatoms. The van der Waals surface area contributed by atoms with Gasteiger partial charge in [-0.05, 0) is 19.1 Å². The van der Waals surface area contributed by atoms with E-state index in [0.29, 0.717) is 11.3 Å². The largest absolute Gasteiger partial charge is 0.478 e. The number of benzene rings is 1. The molecule has 1 aliphatic rings. The number of carboxylic acid groups (broad SMARTS) is 1. The molecule has 1 aromatic carbocycles. The predicted molar refractivity (Wildman–Crippen MR) is 64.1 cm³/mol. The first-order valence-electron chi connectivity index (χ1n) is 5.07. The van der Waals surface area contributed by atoms with Crippen LogP contribution in [-0.2, 0) is 9.63 Å². The second-order valence-electron chi connectivity index (χ2n) is 4.20. The Morgan fingerprint density at radius 2 is 2.33 bits per heavy atom. The van der Waals surface area contributed by atoms with Crippen molar-refractivity contribution < 1.29 is 19.1 Å². The SMILES string of the molecule is CC1(C(=O)O)CC(c2cc(N)c(F)cc2Cl)=NO1. The van der Waals surface area contributed by atoms with Gasteiger partial charge in [-0.25, -0.2) is 9.18 Å². The normalized spacial score (nSPS) is 22.5. The smallest absolute Gasteiger partial charge is 0.351 e. The molecule has 0 saturated carbocycles. The highest BCUT2D eigenvalue weighted by Gasteiger charge is 2.42. The fourth-order valence-corrected chi connectivity index (χ4v) is 1.85. The second kappa shape index (κ2) is 4.13. The molecule has 0 bridgehead atoms. The van der Waals surface area contributed by atoms with Crippen molar-refractivity contribution in [2.75, 3.05) is 5.73 Å². The van der Waals surface area contributed by atoms with Gasteiger partial charge in [-0.3, -0.25) is 0 Å². The molecule has 1 atom stereocenters. The van der Waals surface area contributed by atoms with Gasteiger partial charge in [0.2, 0.25) is 5.60 Å². The molecule has 0 saturated heterocycles. The summed E-state index contributed by atoms with van der Waals surface area (Å²) in [7, 11) is 0. The van der Waals surface area contributed by atoms with E-state index >= 15 is 0 Å². The average Bonchev–Trinajstić information content (AvgIpc) is 2.68. The maximum atomic E-state index is 13.2. The van der Waals surface area contributed by atoms with Crippen LogP contribution < -0.4 is 5.73 Å². The molecule has 0 radical (unpaired) electrons. The lowest BCUT2D eigenvalue weighted by atomic mass is 9.96. The monoisotopic (exact) mass is 272 g/mol. The highest BCUT2D eigenvalue weighted by atomic mass is 35.5. The van der Waals surface area contributed by atoms with Gasteiger partial charge in [0.05, 0.1) is 16.4 Å². The first-order valence-corrected chi connectivity index (χ1v) is 5.44. The Kier molecular flexibility index (Phi) is 2.90. The Morgan fingerprint density at radius 3 is 2.89 bits per heavy atom. The number of oxime groups is 1. The van der Waals surface area contributed by atoms with Gasteiger partial charge in [-0.2, -0.15) is 0 Å². The summed E-state index contributed by atoms with van der Waals surface area (Å²) in [6, 6.07) is 2.37. The van der Waals surface area contributed by atoms with Crippen LogP contribution in [-0.4, -0.2) is 22.4 Å². The van der Waals surface area contributed by atoms with Crippen LogP contribution in [0.5, 0.6) is 0 Å². The van der Waals surface area contributed by atoms with Crippen LogP contribution in [0.2, 0.25) is 5.02 Å². The van der Waals surface area contributed by atoms with E-state index in [9.17, 15) is 9.18 Å². The molecule has 2 rings (SSSR count). The highest BCUT2D eigenvalue weighted by molar-refractivity contribution is 6.34. The number of hydrogen-bond donors (Lipinski definition) is 2. The Labute approximate surface area is 107 Å². The number of nitrogen functional groups attached to an aromatic ring is 1. The van der Waals surface area contributed by atoms with Crippen LogP contribution in [0.25, 0.3) is 0 Å². The van der Waals surface area contributed by atoms with Crippen LogP contribution in [0.3, 0.4) is 0 Å². The minimum absolute atomic E-state index is 0.0348. The zero-order valence-electron chi connectivity index (χ0n) is 9.41. The second-order valence-corrected chi connectivity index (χ2v) is 4.60. The van der Waals surface area contributed by atoms with Crippen molar-refractivity contribution in [3.8, 4) is 0 Å². The van der Waals surface area contributed by atoms with Crippen molar-refractivity contribution in [1.29, 1.82) is 0 Å². The summed E-state index contributed by atoms with van der Waals surface area (Å²) in [5.74, 6) is -1.77. The van der Waals surface area contributed by atoms with Crippen molar-refractivity contribution in [3.05, 3.63) is 28.5 Å². The molecule has 0 spiro atoms. The number of nitrogens with two attached hydrogens (primary N) is 1. The molecule has 1 aliphatic heterocycles. The average molecular weight is 273 g/mol. The van der Waals surface area contributed by atoms with Crippen LogP contribution in [0.15, 0.2) is 17.3 Å². The molecule has 0 aromatic heterocycles. The van der Waals surface area contributed by atoms with Crippen molar-refractivity contribution >= 4 is 29.0 Å². The maximum absolute atomic E-state index is 13.2. The summed E-state index contributed by atoms with van der Waals surface area (Å²) >= 11 is 5.87. The lowest BCUT2D eigenvalue weighted by molar-refractivity contribution is -0.160. The standard InChI is InChI=1S/C11H10ClFN2O3/c1-11(10(16)17)4-9(15-18-11)5-2-8(14)7(13)3-6(5)12/h2-3H,4,14H2,1H3,(H,16,17). The van der Waals surface area contributed by atoms with Gasteiger partial charge in [-0.1, -0.05) is 16.8 Å². The van der Waals surface area contributed by atoms with E-state index in [1.807, 2.05) is 0 Å². The first-order chi connectivity index (χ1) is 8.33. The third kappa shape index (κ3) is 1.99. The minimum atomic E-state index is -1.43. The molecule has 0 amide bonds. The van der Waals surface area contributed by atoms with Crippen LogP contribution in [0, 0.1) is 5.82 Å². The summed E-state index contributed by atoms with van der Waals surface area (Å²) in [6.45, 7) is 1.40. The van der Waals surface area contributed by atoms with Crippen molar-refractivity contribution in [2.45, 2.75) is 18.9 Å². The van der Waals surface area contributed by atoms with Gasteiger partial charge >= 0.3 is 5.97 Å². The minimum Gasteiger partial charge on any atom is -0.478 e. The Morgan fingerprint density at radius 1 is 1.67 bits per heavy atom. The quantitative estimate of drug-likeness (QED) is 0.807. The number of rotatable bonds is 2. The van der Waals surface area contributed by atoms with E-state index in [-0.39, 0.29) is 17.1 Å². The van der Waals surface area contributed by atoms with Gasteiger partial charge in [0.15, 0.2) is 0 Å². The zero-order chi connectivity index (χ0) is 13.5. The number of carbonyl (C=O) groups is 1. The van der Waals surface area contributed by atoms with Gasteiger partial charge in [0.1, 0.15) is 5.82 Å². The van der Waals surface area contributed by atoms with E-state index in [4.69, 9.17) is 27.3 Å². The van der Waals surface area contributed by atoms with E-state index in [0.717, 1.165) is 6.07 Å². The third-order valence-electron chi connectivity index (χ3n) is 2.71. The maximum Gasteiger partial charge on any atom is 0.351 e. The van der Waals surface area contributed by atoms with E-state index in [2.05, 4.69) is 5.16 Å². The van der Waals surface area contributed by atoms with Gasteiger partial charge < -0.3 is 15.7 Å². The summed E-state index contributed by atoms with van der Waals surface area (Å²) in [6.07, 6.45) is 0.0348. The molecule has 1 unspecified atom stereocenters. The van der Waals surface area contributed by atoms with E-state index in [1.165, 1.54) is 13.0 Å². The lowest BCUT2D eigenvalue weighted by Crippen LogP contribution is -2.35.